The summed E-state index contributed by atoms with van der Waals surface area (Å²) >= 11 is 0. The number of amides is 1. The molecule has 2 aliphatic rings. The second-order valence-corrected chi connectivity index (χ2v) is 5.79. The second-order valence-electron chi connectivity index (χ2n) is 5.79. The molecule has 0 aromatic carbocycles. The van der Waals surface area contributed by atoms with Crippen molar-refractivity contribution in [2.24, 2.45) is 5.92 Å². The van der Waals surface area contributed by atoms with Gasteiger partial charge in [0.05, 0.1) is 0 Å². The lowest BCUT2D eigenvalue weighted by Crippen LogP contribution is -2.47. The molecule has 0 spiro atoms. The van der Waals surface area contributed by atoms with Gasteiger partial charge >= 0.3 is 0 Å². The number of nitrogens with one attached hydrogen (secondary N) is 1. The van der Waals surface area contributed by atoms with Gasteiger partial charge in [-0.05, 0) is 25.3 Å². The zero-order chi connectivity index (χ0) is 13.5. The Hall–Kier alpha value is -1.95. The van der Waals surface area contributed by atoms with Crippen LogP contribution in [-0.2, 0) is 0 Å². The lowest BCUT2D eigenvalue weighted by atomic mass is 9.97. The van der Waals surface area contributed by atoms with Crippen LogP contribution in [-0.4, -0.2) is 50.9 Å². The fourth-order valence-electron chi connectivity index (χ4n) is 3.37. The van der Waals surface area contributed by atoms with E-state index < -0.39 is 0 Å². The number of rotatable bonds is 2. The predicted molar refractivity (Wildman–Crippen MR) is 73.4 cm³/mol. The molecule has 2 saturated heterocycles. The molecule has 0 saturated carbocycles. The Balaban J connectivity index is 1.49. The van der Waals surface area contributed by atoms with Crippen molar-refractivity contribution in [3.8, 4) is 0 Å². The topological polar surface area (TPSA) is 62.5 Å². The summed E-state index contributed by atoms with van der Waals surface area (Å²) in [7, 11) is 0. The maximum Gasteiger partial charge on any atom is 0.270 e. The van der Waals surface area contributed by atoms with Gasteiger partial charge in [-0.1, -0.05) is 0 Å². The van der Waals surface area contributed by atoms with Crippen LogP contribution in [0.15, 0.2) is 24.8 Å². The minimum atomic E-state index is -0.0944. The molecular formula is C14H17N5O. The van der Waals surface area contributed by atoms with E-state index >= 15 is 0 Å². The van der Waals surface area contributed by atoms with E-state index in [0.717, 1.165) is 24.5 Å². The molecule has 2 aliphatic heterocycles. The molecule has 6 nitrogen and oxygen atoms in total. The lowest BCUT2D eigenvalue weighted by Gasteiger charge is -2.30. The summed E-state index contributed by atoms with van der Waals surface area (Å²) in [5.74, 6) is 0.653. The first-order valence-electron chi connectivity index (χ1n) is 7.10. The number of hydrogen-bond donors (Lipinski definition) is 1. The highest BCUT2D eigenvalue weighted by Gasteiger charge is 2.33. The third kappa shape index (κ3) is 2.06. The SMILES string of the molecule is O=C(NC1CC2CCN(C2)C1)c1cc2nccn2cn1. The highest BCUT2D eigenvalue weighted by Crippen LogP contribution is 2.26. The summed E-state index contributed by atoms with van der Waals surface area (Å²) in [5.41, 5.74) is 1.19. The predicted octanol–water partition coefficient (Wildman–Crippen LogP) is 0.553. The minimum Gasteiger partial charge on any atom is -0.347 e. The van der Waals surface area contributed by atoms with Gasteiger partial charge in [0.25, 0.3) is 5.91 Å². The van der Waals surface area contributed by atoms with Gasteiger partial charge in [-0.2, -0.15) is 0 Å². The first-order chi connectivity index (χ1) is 9.78. The second kappa shape index (κ2) is 4.56. The van der Waals surface area contributed by atoms with Crippen LogP contribution in [0.2, 0.25) is 0 Å². The van der Waals surface area contributed by atoms with Crippen LogP contribution >= 0.6 is 0 Å². The van der Waals surface area contributed by atoms with Gasteiger partial charge in [-0.3, -0.25) is 9.20 Å². The molecule has 3 atom stereocenters. The molecule has 6 heteroatoms. The van der Waals surface area contributed by atoms with Crippen LogP contribution in [0.3, 0.4) is 0 Å². The highest BCUT2D eigenvalue weighted by molar-refractivity contribution is 5.93. The average Bonchev–Trinajstić information content (AvgIpc) is 3.04. The Morgan fingerprint density at radius 3 is 3.20 bits per heavy atom. The third-order valence-corrected chi connectivity index (χ3v) is 4.32. The fourth-order valence-corrected chi connectivity index (χ4v) is 3.37. The van der Waals surface area contributed by atoms with Gasteiger partial charge in [-0.15, -0.1) is 0 Å². The minimum absolute atomic E-state index is 0.0944. The van der Waals surface area contributed by atoms with Crippen molar-refractivity contribution in [3.05, 3.63) is 30.5 Å². The number of hydrogen-bond acceptors (Lipinski definition) is 4. The van der Waals surface area contributed by atoms with Gasteiger partial charge < -0.3 is 10.2 Å². The van der Waals surface area contributed by atoms with Crippen molar-refractivity contribution >= 4 is 11.6 Å². The monoisotopic (exact) mass is 271 g/mol. The standard InChI is InChI=1S/C14H17N5O/c20-14(12-6-13-15-2-4-19(13)9-16-12)17-11-5-10-1-3-18(7-10)8-11/h2,4,6,9-11H,1,3,5,7-8H2,(H,17,20). The Bertz CT molecular complexity index is 640. The van der Waals surface area contributed by atoms with Crippen molar-refractivity contribution < 1.29 is 4.79 Å². The first-order valence-corrected chi connectivity index (χ1v) is 7.10. The molecule has 0 radical (unpaired) electrons. The van der Waals surface area contributed by atoms with Crippen molar-refractivity contribution in [1.82, 2.24) is 24.6 Å². The zero-order valence-electron chi connectivity index (χ0n) is 11.2. The average molecular weight is 271 g/mol. The molecular weight excluding hydrogens is 254 g/mol. The first kappa shape index (κ1) is 11.8. The molecule has 2 aromatic rings. The largest absolute Gasteiger partial charge is 0.347 e. The number of carbonyl (C=O) groups excluding carboxylic acids is 1. The zero-order valence-corrected chi connectivity index (χ0v) is 11.2. The number of nitrogens with zero attached hydrogens (tertiary/aromatic N) is 4. The Morgan fingerprint density at radius 1 is 1.35 bits per heavy atom. The Kier molecular flexibility index (Phi) is 2.70. The third-order valence-electron chi connectivity index (χ3n) is 4.32. The summed E-state index contributed by atoms with van der Waals surface area (Å²) in [5, 5.41) is 3.11. The van der Waals surface area contributed by atoms with Crippen molar-refractivity contribution in [3.63, 3.8) is 0 Å². The summed E-state index contributed by atoms with van der Waals surface area (Å²) in [6.07, 6.45) is 7.50. The van der Waals surface area contributed by atoms with E-state index in [4.69, 9.17) is 0 Å². The molecule has 3 unspecified atom stereocenters. The van der Waals surface area contributed by atoms with Crippen molar-refractivity contribution in [2.45, 2.75) is 18.9 Å². The molecule has 104 valence electrons. The molecule has 4 rings (SSSR count). The molecule has 1 N–H and O–H groups in total. The number of aromatic nitrogens is 3. The molecule has 2 fully saturated rings. The number of imidazole rings is 1. The molecule has 0 aliphatic carbocycles. The maximum absolute atomic E-state index is 12.3. The van der Waals surface area contributed by atoms with E-state index in [0.29, 0.717) is 5.69 Å². The van der Waals surface area contributed by atoms with Crippen LogP contribution in [0.5, 0.6) is 0 Å². The van der Waals surface area contributed by atoms with Gasteiger partial charge in [0.2, 0.25) is 0 Å². The van der Waals surface area contributed by atoms with E-state index in [1.165, 1.54) is 19.5 Å². The summed E-state index contributed by atoms with van der Waals surface area (Å²) in [6.45, 7) is 3.34. The number of piperidine rings is 1. The van der Waals surface area contributed by atoms with Crippen LogP contribution in [0, 0.1) is 5.92 Å². The smallest absolute Gasteiger partial charge is 0.270 e. The lowest BCUT2D eigenvalue weighted by molar-refractivity contribution is 0.0904. The molecule has 2 aromatic heterocycles. The highest BCUT2D eigenvalue weighted by atomic mass is 16.1. The van der Waals surface area contributed by atoms with E-state index in [2.05, 4.69) is 20.2 Å². The molecule has 4 heterocycles. The van der Waals surface area contributed by atoms with Crippen LogP contribution in [0.1, 0.15) is 23.3 Å². The summed E-state index contributed by atoms with van der Waals surface area (Å²) in [6, 6.07) is 1.98. The summed E-state index contributed by atoms with van der Waals surface area (Å²) < 4.78 is 1.79. The van der Waals surface area contributed by atoms with Gasteiger partial charge in [0.15, 0.2) is 0 Å². The quantitative estimate of drug-likeness (QED) is 0.866. The van der Waals surface area contributed by atoms with Crippen LogP contribution in [0.25, 0.3) is 5.65 Å². The van der Waals surface area contributed by atoms with E-state index in [-0.39, 0.29) is 11.9 Å². The van der Waals surface area contributed by atoms with Crippen molar-refractivity contribution in [1.29, 1.82) is 0 Å². The summed E-state index contributed by atoms with van der Waals surface area (Å²) in [4.78, 5) is 23.1. The number of fused-ring (bicyclic) bond motifs is 3. The van der Waals surface area contributed by atoms with Crippen molar-refractivity contribution in [2.75, 3.05) is 19.6 Å². The van der Waals surface area contributed by atoms with Gasteiger partial charge in [0, 0.05) is 37.6 Å². The fraction of sp³-hybridized carbons (Fsp3) is 0.500. The van der Waals surface area contributed by atoms with Crippen LogP contribution < -0.4 is 5.32 Å². The van der Waals surface area contributed by atoms with E-state index in [1.54, 1.807) is 23.0 Å². The molecule has 1 amide bonds. The Morgan fingerprint density at radius 2 is 2.30 bits per heavy atom. The van der Waals surface area contributed by atoms with E-state index in [9.17, 15) is 4.79 Å². The van der Waals surface area contributed by atoms with Crippen LogP contribution in [0.4, 0.5) is 0 Å². The van der Waals surface area contributed by atoms with E-state index in [1.807, 2.05) is 6.20 Å². The van der Waals surface area contributed by atoms with Gasteiger partial charge in [-0.25, -0.2) is 9.97 Å². The normalized spacial score (nSPS) is 28.7. The Labute approximate surface area is 116 Å². The molecule has 2 bridgehead atoms. The number of carbonyl (C=O) groups is 1. The molecule has 20 heavy (non-hydrogen) atoms. The van der Waals surface area contributed by atoms with Gasteiger partial charge in [0.1, 0.15) is 17.7 Å². The maximum atomic E-state index is 12.3.